The number of halogens is 2. The highest BCUT2D eigenvalue weighted by molar-refractivity contribution is 9.10. The van der Waals surface area contributed by atoms with Gasteiger partial charge in [-0.1, -0.05) is 56.8 Å². The normalized spacial score (nSPS) is 12.5. The summed E-state index contributed by atoms with van der Waals surface area (Å²) in [4.78, 5) is 2.38. The van der Waals surface area contributed by atoms with Gasteiger partial charge in [-0.25, -0.2) is 0 Å². The van der Waals surface area contributed by atoms with E-state index in [4.69, 9.17) is 4.74 Å². The molecule has 3 rings (SSSR count). The minimum Gasteiger partial charge on any atom is -0.453 e. The smallest absolute Gasteiger partial charge is 0.152 e. The molecule has 0 spiro atoms. The molecule has 1 aliphatic rings. The lowest BCUT2D eigenvalue weighted by atomic mass is 10.1. The van der Waals surface area contributed by atoms with Crippen LogP contribution in [0, 0.1) is 0 Å². The zero-order valence-corrected chi connectivity index (χ0v) is 15.6. The van der Waals surface area contributed by atoms with Crippen LogP contribution in [-0.4, -0.2) is 11.9 Å². The quantitative estimate of drug-likeness (QED) is 0.380. The first-order valence-corrected chi connectivity index (χ1v) is 9.61. The molecule has 0 aromatic heterocycles. The SMILES string of the molecule is BrCCCCCCN1c2ccccc2Oc2cc(Br)ccc21. The van der Waals surface area contributed by atoms with E-state index in [1.165, 1.54) is 25.7 Å². The van der Waals surface area contributed by atoms with Gasteiger partial charge in [0.2, 0.25) is 0 Å². The Hall–Kier alpha value is -1.000. The predicted molar refractivity (Wildman–Crippen MR) is 99.9 cm³/mol. The summed E-state index contributed by atoms with van der Waals surface area (Å²) in [6.07, 6.45) is 4.99. The van der Waals surface area contributed by atoms with Gasteiger partial charge in [-0.05, 0) is 43.2 Å². The summed E-state index contributed by atoms with van der Waals surface area (Å²) >= 11 is 7.02. The molecule has 0 N–H and O–H groups in total. The number of alkyl halides is 1. The summed E-state index contributed by atoms with van der Waals surface area (Å²) < 4.78 is 7.10. The molecule has 0 atom stereocenters. The van der Waals surface area contributed by atoms with Crippen LogP contribution in [0.4, 0.5) is 11.4 Å². The van der Waals surface area contributed by atoms with E-state index >= 15 is 0 Å². The maximum atomic E-state index is 6.06. The van der Waals surface area contributed by atoms with Gasteiger partial charge in [0.1, 0.15) is 0 Å². The lowest BCUT2D eigenvalue weighted by Gasteiger charge is -2.33. The van der Waals surface area contributed by atoms with E-state index < -0.39 is 0 Å². The van der Waals surface area contributed by atoms with E-state index in [-0.39, 0.29) is 0 Å². The second-order valence-electron chi connectivity index (χ2n) is 5.44. The first-order valence-electron chi connectivity index (χ1n) is 7.69. The van der Waals surface area contributed by atoms with Crippen LogP contribution in [0.3, 0.4) is 0 Å². The fraction of sp³-hybridized carbons (Fsp3) is 0.333. The maximum Gasteiger partial charge on any atom is 0.152 e. The number of nitrogens with zero attached hydrogens (tertiary/aromatic N) is 1. The summed E-state index contributed by atoms with van der Waals surface area (Å²) in [6, 6.07) is 14.5. The molecule has 1 aliphatic heterocycles. The molecule has 0 amide bonds. The minimum absolute atomic E-state index is 0.925. The lowest BCUT2D eigenvalue weighted by molar-refractivity contribution is 0.471. The summed E-state index contributed by atoms with van der Waals surface area (Å²) in [5.74, 6) is 1.86. The van der Waals surface area contributed by atoms with Crippen LogP contribution in [0.2, 0.25) is 0 Å². The van der Waals surface area contributed by atoms with Crippen LogP contribution in [0.1, 0.15) is 25.7 Å². The van der Waals surface area contributed by atoms with Gasteiger partial charge in [-0.2, -0.15) is 0 Å². The fourth-order valence-electron chi connectivity index (χ4n) is 2.77. The maximum absolute atomic E-state index is 6.06. The zero-order valence-electron chi connectivity index (χ0n) is 12.4. The van der Waals surface area contributed by atoms with Crippen molar-refractivity contribution < 1.29 is 4.74 Å². The monoisotopic (exact) mass is 423 g/mol. The van der Waals surface area contributed by atoms with Gasteiger partial charge in [-0.3, -0.25) is 0 Å². The molecule has 2 aromatic carbocycles. The summed E-state index contributed by atoms with van der Waals surface area (Å²) in [5, 5.41) is 1.10. The second-order valence-corrected chi connectivity index (χ2v) is 7.15. The molecule has 0 unspecified atom stereocenters. The number of hydrogen-bond donors (Lipinski definition) is 0. The number of benzene rings is 2. The molecular weight excluding hydrogens is 406 g/mol. The lowest BCUT2D eigenvalue weighted by Crippen LogP contribution is -2.22. The first kappa shape index (κ1) is 15.9. The molecule has 1 heterocycles. The van der Waals surface area contributed by atoms with E-state index in [2.05, 4.69) is 61.0 Å². The van der Waals surface area contributed by atoms with E-state index in [1.54, 1.807) is 0 Å². The van der Waals surface area contributed by atoms with E-state index in [0.717, 1.165) is 39.2 Å². The third kappa shape index (κ3) is 3.49. The van der Waals surface area contributed by atoms with Gasteiger partial charge in [-0.15, -0.1) is 0 Å². The van der Waals surface area contributed by atoms with Gasteiger partial charge in [0, 0.05) is 16.3 Å². The molecule has 0 bridgehead atoms. The Labute approximate surface area is 148 Å². The topological polar surface area (TPSA) is 12.5 Å². The molecule has 2 aromatic rings. The van der Waals surface area contributed by atoms with Crippen LogP contribution < -0.4 is 9.64 Å². The molecule has 0 radical (unpaired) electrons. The van der Waals surface area contributed by atoms with Crippen LogP contribution in [-0.2, 0) is 0 Å². The van der Waals surface area contributed by atoms with Gasteiger partial charge in [0.25, 0.3) is 0 Å². The Morgan fingerprint density at radius 3 is 2.50 bits per heavy atom. The van der Waals surface area contributed by atoms with E-state index in [1.807, 2.05) is 18.2 Å². The molecular formula is C18H19Br2NO. The van der Waals surface area contributed by atoms with Gasteiger partial charge in [0.15, 0.2) is 11.5 Å². The minimum atomic E-state index is 0.925. The van der Waals surface area contributed by atoms with Crippen molar-refractivity contribution in [1.82, 2.24) is 0 Å². The van der Waals surface area contributed by atoms with Crippen molar-refractivity contribution in [2.75, 3.05) is 16.8 Å². The van der Waals surface area contributed by atoms with Crippen LogP contribution in [0.5, 0.6) is 11.5 Å². The van der Waals surface area contributed by atoms with Gasteiger partial charge in [0.05, 0.1) is 11.4 Å². The third-order valence-corrected chi connectivity index (χ3v) is 4.91. The fourth-order valence-corrected chi connectivity index (χ4v) is 3.50. The van der Waals surface area contributed by atoms with Crippen molar-refractivity contribution in [3.8, 4) is 11.5 Å². The number of anilines is 2. The Kier molecular flexibility index (Phi) is 5.42. The molecule has 0 saturated carbocycles. The van der Waals surface area contributed by atoms with Crippen molar-refractivity contribution in [1.29, 1.82) is 0 Å². The van der Waals surface area contributed by atoms with Crippen molar-refractivity contribution >= 4 is 43.2 Å². The third-order valence-electron chi connectivity index (χ3n) is 3.85. The van der Waals surface area contributed by atoms with Crippen LogP contribution >= 0.6 is 31.9 Å². The summed E-state index contributed by atoms with van der Waals surface area (Å²) in [7, 11) is 0. The molecule has 4 heteroatoms. The molecule has 22 heavy (non-hydrogen) atoms. The molecule has 116 valence electrons. The number of unbranched alkanes of at least 4 members (excludes halogenated alkanes) is 3. The highest BCUT2D eigenvalue weighted by atomic mass is 79.9. The van der Waals surface area contributed by atoms with E-state index in [9.17, 15) is 0 Å². The Balaban J connectivity index is 1.81. The van der Waals surface area contributed by atoms with Crippen LogP contribution in [0.15, 0.2) is 46.9 Å². The number of hydrogen-bond acceptors (Lipinski definition) is 2. The molecule has 0 fully saturated rings. The number of fused-ring (bicyclic) bond motifs is 2. The molecule has 0 aliphatic carbocycles. The van der Waals surface area contributed by atoms with Crippen molar-refractivity contribution in [2.45, 2.75) is 25.7 Å². The van der Waals surface area contributed by atoms with Crippen molar-refractivity contribution in [3.63, 3.8) is 0 Å². The highest BCUT2D eigenvalue weighted by Gasteiger charge is 2.23. The number of rotatable bonds is 6. The van der Waals surface area contributed by atoms with Gasteiger partial charge < -0.3 is 9.64 Å². The van der Waals surface area contributed by atoms with E-state index in [0.29, 0.717) is 0 Å². The number of para-hydroxylation sites is 2. The molecule has 2 nitrogen and oxygen atoms in total. The molecule has 0 saturated heterocycles. The van der Waals surface area contributed by atoms with Crippen molar-refractivity contribution in [3.05, 3.63) is 46.9 Å². The van der Waals surface area contributed by atoms with Crippen LogP contribution in [0.25, 0.3) is 0 Å². The summed E-state index contributed by atoms with van der Waals surface area (Å²) in [5.41, 5.74) is 2.32. The Bertz CT molecular complexity index is 645. The predicted octanol–water partition coefficient (Wildman–Crippen LogP) is 6.65. The Morgan fingerprint density at radius 1 is 0.864 bits per heavy atom. The van der Waals surface area contributed by atoms with Gasteiger partial charge >= 0.3 is 0 Å². The summed E-state index contributed by atoms with van der Waals surface area (Å²) in [6.45, 7) is 1.03. The average molecular weight is 425 g/mol. The largest absolute Gasteiger partial charge is 0.453 e. The van der Waals surface area contributed by atoms with Crippen molar-refractivity contribution in [2.24, 2.45) is 0 Å². The second kappa shape index (κ2) is 7.51. The standard InChI is InChI=1S/C18H19Br2NO/c19-11-5-1-2-6-12-21-15-7-3-4-8-17(15)22-18-13-14(20)9-10-16(18)21/h3-4,7-10,13H,1-2,5-6,11-12H2. The zero-order chi connectivity index (χ0) is 15.4. The number of ether oxygens (including phenoxy) is 1. The first-order chi connectivity index (χ1) is 10.8. The Morgan fingerprint density at radius 2 is 1.64 bits per heavy atom. The highest BCUT2D eigenvalue weighted by Crippen LogP contribution is 2.47. The average Bonchev–Trinajstić information content (AvgIpc) is 2.53.